The van der Waals surface area contributed by atoms with E-state index in [4.69, 9.17) is 0 Å². The van der Waals surface area contributed by atoms with Gasteiger partial charge in [-0.25, -0.2) is 4.98 Å². The Hall–Kier alpha value is -1.36. The summed E-state index contributed by atoms with van der Waals surface area (Å²) in [5.74, 6) is 0.491. The Morgan fingerprint density at radius 1 is 1.65 bits per heavy atom. The van der Waals surface area contributed by atoms with Gasteiger partial charge in [-0.3, -0.25) is 4.79 Å². The Morgan fingerprint density at radius 2 is 2.35 bits per heavy atom. The van der Waals surface area contributed by atoms with Gasteiger partial charge in [0.05, 0.1) is 24.7 Å². The average molecular weight is 237 g/mol. The molecule has 1 fully saturated rings. The fourth-order valence-corrected chi connectivity index (χ4v) is 2.33. The first-order chi connectivity index (χ1) is 8.15. The van der Waals surface area contributed by atoms with E-state index in [-0.39, 0.29) is 12.5 Å². The highest BCUT2D eigenvalue weighted by Crippen LogP contribution is 2.31. The van der Waals surface area contributed by atoms with E-state index < -0.39 is 5.54 Å². The molecule has 0 aliphatic heterocycles. The number of nitrogens with one attached hydrogen (secondary N) is 2. The molecular formula is C12H19N3O2. The van der Waals surface area contributed by atoms with Gasteiger partial charge in [0, 0.05) is 0 Å². The number of aromatic amines is 1. The molecule has 1 aliphatic carbocycles. The van der Waals surface area contributed by atoms with Crippen molar-refractivity contribution >= 4 is 5.91 Å². The van der Waals surface area contributed by atoms with Crippen LogP contribution in [0.2, 0.25) is 0 Å². The van der Waals surface area contributed by atoms with E-state index in [1.54, 1.807) is 0 Å². The van der Waals surface area contributed by atoms with E-state index in [1.807, 2.05) is 0 Å². The van der Waals surface area contributed by atoms with Gasteiger partial charge in [-0.05, 0) is 31.6 Å². The third-order valence-corrected chi connectivity index (χ3v) is 3.66. The molecule has 1 saturated carbocycles. The van der Waals surface area contributed by atoms with Crippen LogP contribution >= 0.6 is 0 Å². The van der Waals surface area contributed by atoms with Gasteiger partial charge in [0.15, 0.2) is 0 Å². The number of rotatable bonds is 3. The normalized spacial score (nSPS) is 28.9. The molecule has 0 radical (unpaired) electrons. The van der Waals surface area contributed by atoms with Gasteiger partial charge in [-0.15, -0.1) is 0 Å². The summed E-state index contributed by atoms with van der Waals surface area (Å²) in [5.41, 5.74) is -0.00854. The maximum Gasteiger partial charge on any atom is 0.269 e. The number of amides is 1. The van der Waals surface area contributed by atoms with Gasteiger partial charge in [0.1, 0.15) is 5.69 Å². The number of imidazole rings is 1. The lowest BCUT2D eigenvalue weighted by Crippen LogP contribution is -2.53. The number of carbonyl (C=O) groups excluding carboxylic acids is 1. The number of hydrogen-bond acceptors (Lipinski definition) is 3. The van der Waals surface area contributed by atoms with Crippen molar-refractivity contribution in [2.24, 2.45) is 5.92 Å². The van der Waals surface area contributed by atoms with Gasteiger partial charge < -0.3 is 15.4 Å². The molecule has 5 heteroatoms. The molecule has 1 aromatic rings. The van der Waals surface area contributed by atoms with Crippen LogP contribution in [0.3, 0.4) is 0 Å². The van der Waals surface area contributed by atoms with Crippen LogP contribution in [0.1, 0.15) is 43.1 Å². The van der Waals surface area contributed by atoms with Crippen molar-refractivity contribution in [2.45, 2.75) is 38.1 Å². The van der Waals surface area contributed by atoms with Gasteiger partial charge >= 0.3 is 0 Å². The van der Waals surface area contributed by atoms with E-state index >= 15 is 0 Å². The van der Waals surface area contributed by atoms with Crippen molar-refractivity contribution in [3.05, 3.63) is 18.2 Å². The predicted octanol–water partition coefficient (Wildman–Crippen LogP) is 1.08. The quantitative estimate of drug-likeness (QED) is 0.736. The molecule has 0 atom stereocenters. The first-order valence-electron chi connectivity index (χ1n) is 6.07. The Balaban J connectivity index is 2.02. The number of hydrogen-bond donors (Lipinski definition) is 3. The third-order valence-electron chi connectivity index (χ3n) is 3.66. The molecule has 0 saturated heterocycles. The molecule has 1 amide bonds. The molecule has 1 aliphatic rings. The highest BCUT2D eigenvalue weighted by atomic mass is 16.3. The highest BCUT2D eigenvalue weighted by molar-refractivity contribution is 5.92. The van der Waals surface area contributed by atoms with Crippen LogP contribution in [0.5, 0.6) is 0 Å². The van der Waals surface area contributed by atoms with Crippen LogP contribution in [0.4, 0.5) is 0 Å². The highest BCUT2D eigenvalue weighted by Gasteiger charge is 2.35. The molecule has 0 aromatic carbocycles. The lowest BCUT2D eigenvalue weighted by molar-refractivity contribution is 0.0713. The van der Waals surface area contributed by atoms with Gasteiger partial charge in [-0.1, -0.05) is 6.92 Å². The van der Waals surface area contributed by atoms with Crippen molar-refractivity contribution < 1.29 is 9.90 Å². The molecule has 0 spiro atoms. The monoisotopic (exact) mass is 237 g/mol. The van der Waals surface area contributed by atoms with Crippen LogP contribution in [0.15, 0.2) is 12.5 Å². The van der Waals surface area contributed by atoms with Crippen LogP contribution in [-0.2, 0) is 0 Å². The Bertz CT molecular complexity index is 367. The average Bonchev–Trinajstić information content (AvgIpc) is 2.86. The zero-order chi connectivity index (χ0) is 12.3. The largest absolute Gasteiger partial charge is 0.394 e. The number of aromatic nitrogens is 2. The molecular weight excluding hydrogens is 218 g/mol. The van der Waals surface area contributed by atoms with E-state index in [1.165, 1.54) is 12.5 Å². The fourth-order valence-electron chi connectivity index (χ4n) is 2.33. The first-order valence-corrected chi connectivity index (χ1v) is 6.07. The van der Waals surface area contributed by atoms with E-state index in [9.17, 15) is 9.90 Å². The summed E-state index contributed by atoms with van der Waals surface area (Å²) in [4.78, 5) is 18.5. The Morgan fingerprint density at radius 3 is 2.88 bits per heavy atom. The van der Waals surface area contributed by atoms with Crippen LogP contribution < -0.4 is 5.32 Å². The molecule has 0 bridgehead atoms. The summed E-state index contributed by atoms with van der Waals surface area (Å²) in [5, 5.41) is 12.5. The summed E-state index contributed by atoms with van der Waals surface area (Å²) in [7, 11) is 0. The molecule has 0 unspecified atom stereocenters. The zero-order valence-corrected chi connectivity index (χ0v) is 10.1. The molecule has 2 rings (SSSR count). The summed E-state index contributed by atoms with van der Waals surface area (Å²) < 4.78 is 0. The maximum absolute atomic E-state index is 11.9. The summed E-state index contributed by atoms with van der Waals surface area (Å²) >= 11 is 0. The molecule has 94 valence electrons. The standard InChI is InChI=1S/C12H19N3O2/c1-9-2-4-12(7-16,5-3-9)15-11(17)10-6-13-8-14-10/h6,8-9,16H,2-5,7H2,1H3,(H,13,14)(H,15,17). The molecule has 17 heavy (non-hydrogen) atoms. The topological polar surface area (TPSA) is 78.0 Å². The van der Waals surface area contributed by atoms with Crippen molar-refractivity contribution in [3.63, 3.8) is 0 Å². The van der Waals surface area contributed by atoms with Crippen molar-refractivity contribution in [1.82, 2.24) is 15.3 Å². The summed E-state index contributed by atoms with van der Waals surface area (Å²) in [6, 6.07) is 0. The lowest BCUT2D eigenvalue weighted by Gasteiger charge is -2.38. The Labute approximate surface area is 101 Å². The lowest BCUT2D eigenvalue weighted by atomic mass is 9.77. The second-order valence-corrected chi connectivity index (χ2v) is 5.04. The molecule has 1 heterocycles. The van der Waals surface area contributed by atoms with Gasteiger partial charge in [-0.2, -0.15) is 0 Å². The third kappa shape index (κ3) is 2.66. The van der Waals surface area contributed by atoms with Crippen LogP contribution in [0.25, 0.3) is 0 Å². The van der Waals surface area contributed by atoms with Crippen molar-refractivity contribution in [1.29, 1.82) is 0 Å². The minimum absolute atomic E-state index is 0.000400. The van der Waals surface area contributed by atoms with E-state index in [2.05, 4.69) is 22.2 Å². The zero-order valence-electron chi connectivity index (χ0n) is 10.1. The minimum Gasteiger partial charge on any atom is -0.394 e. The number of H-pyrrole nitrogens is 1. The number of aliphatic hydroxyl groups is 1. The number of aliphatic hydroxyl groups excluding tert-OH is 1. The van der Waals surface area contributed by atoms with Gasteiger partial charge in [0.2, 0.25) is 0 Å². The molecule has 5 nitrogen and oxygen atoms in total. The Kier molecular flexibility index (Phi) is 3.47. The predicted molar refractivity (Wildman–Crippen MR) is 63.5 cm³/mol. The van der Waals surface area contributed by atoms with Crippen molar-refractivity contribution in [3.8, 4) is 0 Å². The van der Waals surface area contributed by atoms with Crippen LogP contribution in [-0.4, -0.2) is 33.1 Å². The number of carbonyl (C=O) groups is 1. The fraction of sp³-hybridized carbons (Fsp3) is 0.667. The second kappa shape index (κ2) is 4.87. The van der Waals surface area contributed by atoms with Gasteiger partial charge in [0.25, 0.3) is 5.91 Å². The smallest absolute Gasteiger partial charge is 0.269 e. The SMILES string of the molecule is CC1CCC(CO)(NC(=O)c2cnc[nH]2)CC1. The maximum atomic E-state index is 11.9. The molecule has 1 aromatic heterocycles. The van der Waals surface area contributed by atoms with Crippen molar-refractivity contribution in [2.75, 3.05) is 6.61 Å². The first kappa shape index (κ1) is 12.1. The molecule has 3 N–H and O–H groups in total. The second-order valence-electron chi connectivity index (χ2n) is 5.04. The summed E-state index contributed by atoms with van der Waals surface area (Å²) in [6.45, 7) is 2.21. The van der Waals surface area contributed by atoms with E-state index in [0.717, 1.165) is 25.7 Å². The van der Waals surface area contributed by atoms with E-state index in [0.29, 0.717) is 11.6 Å². The minimum atomic E-state index is -0.450. The van der Waals surface area contributed by atoms with Crippen LogP contribution in [0, 0.1) is 5.92 Å². The number of nitrogens with zero attached hydrogens (tertiary/aromatic N) is 1. The summed E-state index contributed by atoms with van der Waals surface area (Å²) in [6.07, 6.45) is 6.73.